The molecule has 0 N–H and O–H groups in total. The maximum Gasteiger partial charge on any atom is 0.338 e. The first-order chi connectivity index (χ1) is 20.2. The molecule has 0 unspecified atom stereocenters. The number of rotatable bonds is 8. The maximum absolute atomic E-state index is 13.9. The van der Waals surface area contributed by atoms with E-state index in [1.165, 1.54) is 28.0 Å². The quantitative estimate of drug-likeness (QED) is 0.171. The number of ether oxygens (including phenoxy) is 3. The highest BCUT2D eigenvalue weighted by Crippen LogP contribution is 2.35. The van der Waals surface area contributed by atoms with Crippen LogP contribution in [0.1, 0.15) is 36.6 Å². The Morgan fingerprint density at radius 1 is 1.17 bits per heavy atom. The second-order valence-corrected chi connectivity index (χ2v) is 11.9. The molecule has 0 saturated carbocycles. The van der Waals surface area contributed by atoms with Crippen molar-refractivity contribution in [3.05, 3.63) is 123 Å². The number of fused-ring (bicyclic) bond motifs is 1. The predicted molar refractivity (Wildman–Crippen MR) is 168 cm³/mol. The van der Waals surface area contributed by atoms with E-state index < -0.39 is 17.8 Å². The summed E-state index contributed by atoms with van der Waals surface area (Å²) in [6, 6.07) is 16.0. The molecular formula is C31H25ClFIN2O5S. The maximum atomic E-state index is 13.9. The fourth-order valence-corrected chi connectivity index (χ4v) is 6.56. The number of nitrogens with zero attached hydrogens (tertiary/aromatic N) is 2. The average molecular weight is 719 g/mol. The second-order valence-electron chi connectivity index (χ2n) is 9.30. The molecule has 0 bridgehead atoms. The van der Waals surface area contributed by atoms with Crippen molar-refractivity contribution in [2.75, 3.05) is 13.7 Å². The first-order valence-electron chi connectivity index (χ1n) is 12.9. The standard InChI is InChI=1S/C31H25ClFIN2O5S/c1-4-40-30(38)26-17(2)35-31-36(27(26)20-7-11-22(33)12-8-20)29(37)25(42-31)15-19-13-23(34)28(24(14-19)39-3)41-16-18-5-9-21(32)10-6-18/h5-15,27H,4,16H2,1-3H3/b25-15-/t27-/m1/s1. The highest BCUT2D eigenvalue weighted by atomic mass is 127. The summed E-state index contributed by atoms with van der Waals surface area (Å²) in [5, 5.41) is 0.650. The zero-order valence-electron chi connectivity index (χ0n) is 22.8. The molecule has 2 heterocycles. The van der Waals surface area contributed by atoms with Gasteiger partial charge in [-0.2, -0.15) is 0 Å². The summed E-state index contributed by atoms with van der Waals surface area (Å²) in [4.78, 5) is 31.9. The molecule has 0 fully saturated rings. The summed E-state index contributed by atoms with van der Waals surface area (Å²) in [6.07, 6.45) is 1.75. The van der Waals surface area contributed by atoms with Crippen LogP contribution in [0.3, 0.4) is 0 Å². The van der Waals surface area contributed by atoms with Crippen molar-refractivity contribution in [2.24, 2.45) is 4.99 Å². The van der Waals surface area contributed by atoms with Crippen LogP contribution in [0.5, 0.6) is 11.5 Å². The molecule has 4 aromatic rings. The number of halogens is 3. The van der Waals surface area contributed by atoms with Gasteiger partial charge in [0.15, 0.2) is 16.3 Å². The van der Waals surface area contributed by atoms with E-state index in [0.717, 1.165) is 14.7 Å². The molecule has 11 heteroatoms. The van der Waals surface area contributed by atoms with E-state index in [2.05, 4.69) is 27.6 Å². The Morgan fingerprint density at radius 2 is 1.88 bits per heavy atom. The van der Waals surface area contributed by atoms with Gasteiger partial charge in [0.2, 0.25) is 0 Å². The van der Waals surface area contributed by atoms with Gasteiger partial charge in [0.25, 0.3) is 5.56 Å². The van der Waals surface area contributed by atoms with Gasteiger partial charge in [0, 0.05) is 5.02 Å². The highest BCUT2D eigenvalue weighted by Gasteiger charge is 2.33. The summed E-state index contributed by atoms with van der Waals surface area (Å²) in [7, 11) is 1.56. The van der Waals surface area contributed by atoms with E-state index in [0.29, 0.717) is 43.7 Å². The van der Waals surface area contributed by atoms with Gasteiger partial charge in [-0.1, -0.05) is 47.2 Å². The number of methoxy groups -OCH3 is 1. The molecule has 3 aromatic carbocycles. The SMILES string of the molecule is CCOC(=O)C1=C(C)N=c2s/c(=C\c3cc(I)c(OCc4ccc(Cl)cc4)c(OC)c3)c(=O)n2[C@@H]1c1ccc(F)cc1. The van der Waals surface area contributed by atoms with Crippen LogP contribution in [0.4, 0.5) is 4.39 Å². The molecule has 1 aliphatic rings. The second kappa shape index (κ2) is 12.8. The Labute approximate surface area is 263 Å². The monoisotopic (exact) mass is 718 g/mol. The van der Waals surface area contributed by atoms with Crippen LogP contribution in [0.25, 0.3) is 6.08 Å². The number of hydrogen-bond acceptors (Lipinski definition) is 7. The summed E-state index contributed by atoms with van der Waals surface area (Å²) < 4.78 is 33.5. The minimum Gasteiger partial charge on any atom is -0.493 e. The van der Waals surface area contributed by atoms with E-state index in [1.807, 2.05) is 18.2 Å². The fourth-order valence-electron chi connectivity index (χ4n) is 4.60. The average Bonchev–Trinajstić information content (AvgIpc) is 3.26. The van der Waals surface area contributed by atoms with Gasteiger partial charge in [-0.15, -0.1) is 0 Å². The van der Waals surface area contributed by atoms with E-state index in [-0.39, 0.29) is 17.7 Å². The zero-order chi connectivity index (χ0) is 30.0. The van der Waals surface area contributed by atoms with Crippen LogP contribution in [0, 0.1) is 9.39 Å². The van der Waals surface area contributed by atoms with Gasteiger partial charge >= 0.3 is 5.97 Å². The smallest absolute Gasteiger partial charge is 0.338 e. The zero-order valence-corrected chi connectivity index (χ0v) is 26.6. The van der Waals surface area contributed by atoms with Gasteiger partial charge in [0.1, 0.15) is 12.4 Å². The summed E-state index contributed by atoms with van der Waals surface area (Å²) >= 11 is 9.36. The normalized spacial score (nSPS) is 14.8. The van der Waals surface area contributed by atoms with Gasteiger partial charge in [-0.3, -0.25) is 9.36 Å². The van der Waals surface area contributed by atoms with Gasteiger partial charge in [0.05, 0.1) is 39.1 Å². The Balaban J connectivity index is 1.56. The van der Waals surface area contributed by atoms with Crippen LogP contribution in [0.2, 0.25) is 5.02 Å². The predicted octanol–water partition coefficient (Wildman–Crippen LogP) is 5.78. The number of carbonyl (C=O) groups excluding carboxylic acids is 1. The Morgan fingerprint density at radius 3 is 2.55 bits per heavy atom. The third-order valence-electron chi connectivity index (χ3n) is 6.55. The Kier molecular flexibility index (Phi) is 9.14. The van der Waals surface area contributed by atoms with E-state index >= 15 is 0 Å². The lowest BCUT2D eigenvalue weighted by Gasteiger charge is -2.24. The number of thiazole rings is 1. The lowest BCUT2D eigenvalue weighted by molar-refractivity contribution is -0.139. The van der Waals surface area contributed by atoms with Crippen molar-refractivity contribution in [2.45, 2.75) is 26.5 Å². The summed E-state index contributed by atoms with van der Waals surface area (Å²) in [6.45, 7) is 3.90. The number of allylic oxidation sites excluding steroid dienone is 1. The van der Waals surface area contributed by atoms with E-state index in [4.69, 9.17) is 25.8 Å². The minimum absolute atomic E-state index is 0.163. The first-order valence-corrected chi connectivity index (χ1v) is 15.2. The number of aromatic nitrogens is 1. The largest absolute Gasteiger partial charge is 0.493 e. The number of carbonyl (C=O) groups is 1. The molecule has 216 valence electrons. The lowest BCUT2D eigenvalue weighted by atomic mass is 9.96. The molecule has 42 heavy (non-hydrogen) atoms. The third-order valence-corrected chi connectivity index (χ3v) is 8.58. The van der Waals surface area contributed by atoms with Crippen molar-refractivity contribution in [3.8, 4) is 11.5 Å². The van der Waals surface area contributed by atoms with Crippen LogP contribution in [-0.4, -0.2) is 24.3 Å². The number of hydrogen-bond donors (Lipinski definition) is 0. The number of benzene rings is 3. The molecule has 1 atom stereocenters. The van der Waals surface area contributed by atoms with Gasteiger partial charge < -0.3 is 14.2 Å². The molecule has 1 aliphatic heterocycles. The lowest BCUT2D eigenvalue weighted by Crippen LogP contribution is -2.39. The van der Waals surface area contributed by atoms with Crippen molar-refractivity contribution >= 4 is 57.6 Å². The molecule has 0 amide bonds. The molecular weight excluding hydrogens is 694 g/mol. The van der Waals surface area contributed by atoms with Crippen LogP contribution in [0.15, 0.2) is 81.7 Å². The van der Waals surface area contributed by atoms with Crippen molar-refractivity contribution in [3.63, 3.8) is 0 Å². The summed E-state index contributed by atoms with van der Waals surface area (Å²) in [5.74, 6) is 0.0988. The highest BCUT2D eigenvalue weighted by molar-refractivity contribution is 14.1. The van der Waals surface area contributed by atoms with Gasteiger partial charge in [-0.05, 0) is 95.6 Å². The topological polar surface area (TPSA) is 79.1 Å². The molecule has 1 aromatic heterocycles. The molecule has 7 nitrogen and oxygen atoms in total. The van der Waals surface area contributed by atoms with E-state index in [9.17, 15) is 14.0 Å². The van der Waals surface area contributed by atoms with E-state index in [1.54, 1.807) is 57.4 Å². The van der Waals surface area contributed by atoms with Crippen LogP contribution < -0.4 is 24.4 Å². The van der Waals surface area contributed by atoms with Gasteiger partial charge in [-0.25, -0.2) is 14.2 Å². The van der Waals surface area contributed by atoms with Crippen molar-refractivity contribution in [1.82, 2.24) is 4.57 Å². The molecule has 0 aliphatic carbocycles. The number of esters is 1. The van der Waals surface area contributed by atoms with Crippen molar-refractivity contribution < 1.29 is 23.4 Å². The first kappa shape index (κ1) is 30.0. The molecule has 5 rings (SSSR count). The third kappa shape index (κ3) is 6.16. The Bertz CT molecular complexity index is 1870. The molecule has 0 radical (unpaired) electrons. The van der Waals surface area contributed by atoms with Crippen LogP contribution >= 0.6 is 45.5 Å². The minimum atomic E-state index is -0.818. The Hall–Kier alpha value is -3.48. The molecule has 0 spiro atoms. The van der Waals surface area contributed by atoms with Crippen molar-refractivity contribution in [1.29, 1.82) is 0 Å². The van der Waals surface area contributed by atoms with Crippen LogP contribution in [-0.2, 0) is 16.1 Å². The molecule has 0 saturated heterocycles. The summed E-state index contributed by atoms with van der Waals surface area (Å²) in [5.41, 5.74) is 2.59. The fraction of sp³-hybridized carbons (Fsp3) is 0.194.